The number of amides is 2. The molecule has 1 aliphatic heterocycles. The molecule has 2 aliphatic rings. The van der Waals surface area contributed by atoms with Crippen LogP contribution < -0.4 is 15.3 Å². The lowest BCUT2D eigenvalue weighted by atomic mass is 9.78. The van der Waals surface area contributed by atoms with Crippen LogP contribution in [0.3, 0.4) is 0 Å². The van der Waals surface area contributed by atoms with Gasteiger partial charge >= 0.3 is 6.09 Å². The fraction of sp³-hybridized carbons (Fsp3) is 0.526. The lowest BCUT2D eigenvalue weighted by Gasteiger charge is -2.31. The number of nitrogens with one attached hydrogen (secondary N) is 1. The Balaban J connectivity index is 1.75. The van der Waals surface area contributed by atoms with Gasteiger partial charge in [0.1, 0.15) is 0 Å². The van der Waals surface area contributed by atoms with E-state index in [1.165, 1.54) is 7.11 Å². The zero-order chi connectivity index (χ0) is 18.7. The Hall–Kier alpha value is -2.57. The molecule has 7 heteroatoms. The third-order valence-electron chi connectivity index (χ3n) is 5.27. The number of anilines is 2. The zero-order valence-corrected chi connectivity index (χ0v) is 14.8. The Morgan fingerprint density at radius 3 is 2.58 bits per heavy atom. The first-order chi connectivity index (χ1) is 12.5. The molecule has 0 spiro atoms. The zero-order valence-electron chi connectivity index (χ0n) is 14.8. The largest absolute Gasteiger partial charge is 0.550 e. The van der Waals surface area contributed by atoms with Crippen molar-refractivity contribution in [2.24, 2.45) is 11.8 Å². The molecule has 7 nitrogen and oxygen atoms in total. The van der Waals surface area contributed by atoms with Crippen LogP contribution in [0.2, 0.25) is 0 Å². The van der Waals surface area contributed by atoms with Gasteiger partial charge in [0, 0.05) is 30.0 Å². The minimum absolute atomic E-state index is 0.278. The number of carbonyl (C=O) groups excluding carboxylic acids is 3. The minimum atomic E-state index is -1.15. The number of aryl methyl sites for hydroxylation is 1. The molecule has 0 radical (unpaired) electrons. The van der Waals surface area contributed by atoms with E-state index in [1.807, 2.05) is 6.07 Å². The van der Waals surface area contributed by atoms with Crippen LogP contribution in [0.5, 0.6) is 0 Å². The smallest absolute Gasteiger partial charge is 0.414 e. The van der Waals surface area contributed by atoms with Gasteiger partial charge in [-0.1, -0.05) is 12.8 Å². The highest BCUT2D eigenvalue weighted by Gasteiger charge is 2.32. The lowest BCUT2D eigenvalue weighted by molar-refractivity contribution is -0.313. The predicted octanol–water partition coefficient (Wildman–Crippen LogP) is 1.70. The van der Waals surface area contributed by atoms with Crippen LogP contribution in [-0.2, 0) is 20.7 Å². The summed E-state index contributed by atoms with van der Waals surface area (Å²) in [6.07, 6.45) is 3.92. The molecule has 26 heavy (non-hydrogen) atoms. The van der Waals surface area contributed by atoms with E-state index in [2.05, 4.69) is 5.32 Å². The first kappa shape index (κ1) is 18.2. The molecule has 1 fully saturated rings. The van der Waals surface area contributed by atoms with Crippen molar-refractivity contribution in [1.82, 2.24) is 0 Å². The number of nitrogens with zero attached hydrogens (tertiary/aromatic N) is 1. The quantitative estimate of drug-likeness (QED) is 0.886. The molecule has 2 amide bonds. The number of rotatable bonds is 3. The van der Waals surface area contributed by atoms with Crippen LogP contribution in [0.1, 0.15) is 37.7 Å². The third kappa shape index (κ3) is 3.66. The highest BCUT2D eigenvalue weighted by Crippen LogP contribution is 2.33. The van der Waals surface area contributed by atoms with Crippen molar-refractivity contribution in [3.8, 4) is 0 Å². The highest BCUT2D eigenvalue weighted by atomic mass is 16.5. The van der Waals surface area contributed by atoms with Gasteiger partial charge in [0.2, 0.25) is 5.91 Å². The SMILES string of the molecule is COC(=O)N1CCCc2cc(NC(=O)[C@@H]3CCCC[C@@H]3C(=O)[O-])ccc21. The third-order valence-corrected chi connectivity index (χ3v) is 5.27. The molecule has 1 aliphatic carbocycles. The topological polar surface area (TPSA) is 98.8 Å². The lowest BCUT2D eigenvalue weighted by Crippen LogP contribution is -2.42. The maximum Gasteiger partial charge on any atom is 0.414 e. The molecule has 140 valence electrons. The van der Waals surface area contributed by atoms with Crippen molar-refractivity contribution < 1.29 is 24.2 Å². The molecule has 1 N–H and O–H groups in total. The van der Waals surface area contributed by atoms with Crippen molar-refractivity contribution in [1.29, 1.82) is 0 Å². The average Bonchev–Trinajstić information content (AvgIpc) is 2.66. The molecule has 0 aromatic heterocycles. The second kappa shape index (κ2) is 7.76. The second-order valence-electron chi connectivity index (χ2n) is 6.87. The fourth-order valence-corrected chi connectivity index (χ4v) is 3.94. The van der Waals surface area contributed by atoms with Crippen LogP contribution in [0.15, 0.2) is 18.2 Å². The van der Waals surface area contributed by atoms with Crippen LogP contribution in [-0.4, -0.2) is 31.6 Å². The Bertz CT molecular complexity index is 718. The van der Waals surface area contributed by atoms with Crippen LogP contribution in [0, 0.1) is 11.8 Å². The number of hydrogen-bond donors (Lipinski definition) is 1. The summed E-state index contributed by atoms with van der Waals surface area (Å²) in [5, 5.41) is 14.1. The molecule has 1 saturated carbocycles. The maximum absolute atomic E-state index is 12.6. The standard InChI is InChI=1S/C19H24N2O5/c1-26-19(25)21-10-4-5-12-11-13(8-9-16(12)21)20-17(22)14-6-2-3-7-15(14)18(23)24/h8-9,11,14-15H,2-7,10H2,1H3,(H,20,22)(H,23,24)/p-1/t14-,15+/m1/s1. The van der Waals surface area contributed by atoms with Crippen molar-refractivity contribution in [3.05, 3.63) is 23.8 Å². The van der Waals surface area contributed by atoms with Gasteiger partial charge in [0.25, 0.3) is 0 Å². The molecule has 3 rings (SSSR count). The normalized spacial score (nSPS) is 22.3. The number of ether oxygens (including phenoxy) is 1. The minimum Gasteiger partial charge on any atom is -0.550 e. The van der Waals surface area contributed by atoms with E-state index >= 15 is 0 Å². The summed E-state index contributed by atoms with van der Waals surface area (Å²) < 4.78 is 4.81. The number of carboxylic acids is 1. The molecule has 1 aromatic carbocycles. The number of fused-ring (bicyclic) bond motifs is 1. The van der Waals surface area contributed by atoms with Crippen molar-refractivity contribution in [2.45, 2.75) is 38.5 Å². The van der Waals surface area contributed by atoms with Gasteiger partial charge in [0.05, 0.1) is 12.8 Å². The first-order valence-electron chi connectivity index (χ1n) is 9.01. The van der Waals surface area contributed by atoms with Crippen molar-refractivity contribution in [2.75, 3.05) is 23.9 Å². The molecule has 1 heterocycles. The summed E-state index contributed by atoms with van der Waals surface area (Å²) >= 11 is 0. The highest BCUT2D eigenvalue weighted by molar-refractivity contribution is 5.96. The number of benzene rings is 1. The Morgan fingerprint density at radius 2 is 1.88 bits per heavy atom. The van der Waals surface area contributed by atoms with E-state index in [9.17, 15) is 19.5 Å². The Morgan fingerprint density at radius 1 is 1.15 bits per heavy atom. The summed E-state index contributed by atoms with van der Waals surface area (Å²) in [5.74, 6) is -2.71. The summed E-state index contributed by atoms with van der Waals surface area (Å²) in [4.78, 5) is 37.3. The number of carbonyl (C=O) groups is 3. The molecule has 1 aromatic rings. The van der Waals surface area contributed by atoms with Crippen LogP contribution in [0.25, 0.3) is 0 Å². The molecule has 0 unspecified atom stereocenters. The summed E-state index contributed by atoms with van der Waals surface area (Å²) in [5.41, 5.74) is 2.36. The van der Waals surface area contributed by atoms with Gasteiger partial charge < -0.3 is 20.0 Å². The van der Waals surface area contributed by atoms with Gasteiger partial charge in [-0.25, -0.2) is 4.79 Å². The molecule has 2 atom stereocenters. The maximum atomic E-state index is 12.6. The number of methoxy groups -OCH3 is 1. The van der Waals surface area contributed by atoms with Gasteiger partial charge in [-0.3, -0.25) is 9.69 Å². The average molecular weight is 359 g/mol. The monoisotopic (exact) mass is 359 g/mol. The van der Waals surface area contributed by atoms with Gasteiger partial charge in [0.15, 0.2) is 0 Å². The predicted molar refractivity (Wildman–Crippen MR) is 93.6 cm³/mol. The number of hydrogen-bond acceptors (Lipinski definition) is 5. The molecule has 0 saturated heterocycles. The fourth-order valence-electron chi connectivity index (χ4n) is 3.94. The van der Waals surface area contributed by atoms with Crippen molar-refractivity contribution >= 4 is 29.3 Å². The van der Waals surface area contributed by atoms with Gasteiger partial charge in [-0.15, -0.1) is 0 Å². The van der Waals surface area contributed by atoms with E-state index in [0.717, 1.165) is 36.9 Å². The summed E-state index contributed by atoms with van der Waals surface area (Å²) in [6.45, 7) is 0.598. The summed E-state index contributed by atoms with van der Waals surface area (Å²) in [7, 11) is 1.35. The van der Waals surface area contributed by atoms with E-state index in [-0.39, 0.29) is 5.91 Å². The second-order valence-corrected chi connectivity index (χ2v) is 6.87. The number of aliphatic carboxylic acids is 1. The van der Waals surface area contributed by atoms with E-state index in [4.69, 9.17) is 4.74 Å². The van der Waals surface area contributed by atoms with Crippen LogP contribution in [0.4, 0.5) is 16.2 Å². The van der Waals surface area contributed by atoms with E-state index < -0.39 is 23.9 Å². The van der Waals surface area contributed by atoms with E-state index in [0.29, 0.717) is 25.1 Å². The number of carboxylic acid groups (broad SMARTS) is 1. The van der Waals surface area contributed by atoms with Crippen LogP contribution >= 0.6 is 0 Å². The Kier molecular flexibility index (Phi) is 5.44. The van der Waals surface area contributed by atoms with Gasteiger partial charge in [-0.2, -0.15) is 0 Å². The van der Waals surface area contributed by atoms with Gasteiger partial charge in [-0.05, 0) is 49.4 Å². The Labute approximate surface area is 152 Å². The van der Waals surface area contributed by atoms with Crippen molar-refractivity contribution in [3.63, 3.8) is 0 Å². The van der Waals surface area contributed by atoms with E-state index in [1.54, 1.807) is 17.0 Å². The first-order valence-corrected chi connectivity index (χ1v) is 9.01. The molecule has 0 bridgehead atoms. The summed E-state index contributed by atoms with van der Waals surface area (Å²) in [6, 6.07) is 5.37. The molecular formula is C19H23N2O5-. The molecular weight excluding hydrogens is 336 g/mol.